The van der Waals surface area contributed by atoms with Crippen molar-refractivity contribution in [3.8, 4) is 0 Å². The van der Waals surface area contributed by atoms with Gasteiger partial charge in [-0.1, -0.05) is 37.1 Å². The van der Waals surface area contributed by atoms with Gasteiger partial charge in [0.1, 0.15) is 0 Å². The molecule has 4 atom stereocenters. The molecule has 0 radical (unpaired) electrons. The van der Waals surface area contributed by atoms with E-state index in [1.807, 2.05) is 0 Å². The van der Waals surface area contributed by atoms with Crippen LogP contribution in [0.1, 0.15) is 44.9 Å². The molecule has 0 aromatic heterocycles. The molecule has 4 aliphatic carbocycles. The second-order valence-electron chi connectivity index (χ2n) is 7.05. The van der Waals surface area contributed by atoms with Crippen LogP contribution in [0.2, 0.25) is 0 Å². The highest BCUT2D eigenvalue weighted by Gasteiger charge is 2.46. The Morgan fingerprint density at radius 3 is 3.00 bits per heavy atom. The summed E-state index contributed by atoms with van der Waals surface area (Å²) >= 11 is 0. The molecule has 19 heavy (non-hydrogen) atoms. The highest BCUT2D eigenvalue weighted by Crippen LogP contribution is 2.56. The molecule has 102 valence electrons. The molecule has 0 aliphatic heterocycles. The molecule has 1 heteroatoms. The van der Waals surface area contributed by atoms with Crippen LogP contribution in [0.3, 0.4) is 0 Å². The zero-order valence-corrected chi connectivity index (χ0v) is 11.8. The predicted octanol–water partition coefficient (Wildman–Crippen LogP) is 3.97. The first kappa shape index (κ1) is 12.0. The van der Waals surface area contributed by atoms with Crippen LogP contribution >= 0.6 is 0 Å². The quantitative estimate of drug-likeness (QED) is 0.753. The molecule has 1 nitrogen and oxygen atoms in total. The van der Waals surface area contributed by atoms with Gasteiger partial charge in [-0.05, 0) is 61.0 Å². The van der Waals surface area contributed by atoms with Crippen LogP contribution in [0, 0.1) is 23.2 Å². The van der Waals surface area contributed by atoms with Crippen molar-refractivity contribution in [1.29, 1.82) is 0 Å². The van der Waals surface area contributed by atoms with Crippen molar-refractivity contribution < 1.29 is 0 Å². The Morgan fingerprint density at radius 1 is 1.21 bits per heavy atom. The first-order valence-electron chi connectivity index (χ1n) is 8.14. The van der Waals surface area contributed by atoms with Gasteiger partial charge < -0.3 is 5.73 Å². The monoisotopic (exact) mass is 255 g/mol. The van der Waals surface area contributed by atoms with Crippen LogP contribution in [-0.2, 0) is 0 Å². The Labute approximate surface area is 116 Å². The van der Waals surface area contributed by atoms with Crippen molar-refractivity contribution in [2.24, 2.45) is 28.9 Å². The minimum absolute atomic E-state index is 0.198. The largest absolute Gasteiger partial charge is 0.329 e. The maximum absolute atomic E-state index is 6.11. The van der Waals surface area contributed by atoms with Crippen molar-refractivity contribution in [2.75, 3.05) is 6.54 Å². The second kappa shape index (κ2) is 4.34. The number of rotatable bonds is 1. The maximum Gasteiger partial charge on any atom is 0.0260 e. The normalized spacial score (nSPS) is 43.9. The van der Waals surface area contributed by atoms with E-state index in [1.54, 1.807) is 11.1 Å². The van der Waals surface area contributed by atoms with Crippen LogP contribution in [-0.4, -0.2) is 6.54 Å². The summed E-state index contributed by atoms with van der Waals surface area (Å²) in [5.41, 5.74) is 9.58. The molecule has 2 saturated carbocycles. The molecule has 0 heterocycles. The molecule has 0 aromatic rings. The number of hydrogen-bond donors (Lipinski definition) is 1. The van der Waals surface area contributed by atoms with Gasteiger partial charge in [-0.15, -0.1) is 0 Å². The van der Waals surface area contributed by atoms with E-state index >= 15 is 0 Å². The average molecular weight is 255 g/mol. The van der Waals surface area contributed by atoms with Crippen LogP contribution in [0.4, 0.5) is 0 Å². The topological polar surface area (TPSA) is 26.0 Å². The fourth-order valence-corrected chi connectivity index (χ4v) is 5.28. The molecule has 2 fully saturated rings. The molecule has 2 N–H and O–H groups in total. The highest BCUT2D eigenvalue weighted by atomic mass is 14.6. The fourth-order valence-electron chi connectivity index (χ4n) is 5.28. The standard InChI is InChI=1S/C18H25N/c19-12-18-10-3-6-17(18)16-8-7-13-4-1-2-5-14(13)15(16)9-11-18/h3,6,8,10,13-15H,1-2,4-5,7,9,11-12,19H2/t13?,14-,15+,18-/m0/s1. The van der Waals surface area contributed by atoms with E-state index in [1.165, 1.54) is 44.9 Å². The molecular weight excluding hydrogens is 230 g/mol. The Balaban J connectivity index is 1.70. The van der Waals surface area contributed by atoms with Crippen molar-refractivity contribution in [2.45, 2.75) is 44.9 Å². The summed E-state index contributed by atoms with van der Waals surface area (Å²) in [6.45, 7) is 0.785. The summed E-state index contributed by atoms with van der Waals surface area (Å²) in [4.78, 5) is 0. The summed E-state index contributed by atoms with van der Waals surface area (Å²) in [6.07, 6.45) is 19.4. The summed E-state index contributed by atoms with van der Waals surface area (Å²) < 4.78 is 0. The third kappa shape index (κ3) is 1.64. The maximum atomic E-state index is 6.11. The lowest BCUT2D eigenvalue weighted by molar-refractivity contribution is 0.142. The lowest BCUT2D eigenvalue weighted by Gasteiger charge is -2.48. The zero-order valence-electron chi connectivity index (χ0n) is 11.8. The molecule has 0 aromatic carbocycles. The molecule has 0 bridgehead atoms. The third-order valence-corrected chi connectivity index (χ3v) is 6.32. The van der Waals surface area contributed by atoms with Gasteiger partial charge in [0, 0.05) is 12.0 Å². The van der Waals surface area contributed by atoms with E-state index in [0.29, 0.717) is 0 Å². The molecule has 1 unspecified atom stereocenters. The number of fused-ring (bicyclic) bond motifs is 5. The summed E-state index contributed by atoms with van der Waals surface area (Å²) in [5, 5.41) is 0. The lowest BCUT2D eigenvalue weighted by atomic mass is 9.56. The molecule has 4 aliphatic rings. The smallest absolute Gasteiger partial charge is 0.0260 e. The lowest BCUT2D eigenvalue weighted by Crippen LogP contribution is -2.41. The van der Waals surface area contributed by atoms with Gasteiger partial charge in [0.2, 0.25) is 0 Å². The van der Waals surface area contributed by atoms with Crippen LogP contribution in [0.5, 0.6) is 0 Å². The summed E-state index contributed by atoms with van der Waals surface area (Å²) in [6, 6.07) is 0. The van der Waals surface area contributed by atoms with Gasteiger partial charge in [0.15, 0.2) is 0 Å². The van der Waals surface area contributed by atoms with E-state index in [4.69, 9.17) is 5.73 Å². The van der Waals surface area contributed by atoms with Crippen molar-refractivity contribution >= 4 is 0 Å². The van der Waals surface area contributed by atoms with E-state index in [0.717, 1.165) is 24.3 Å². The number of nitrogens with two attached hydrogens (primary N) is 1. The number of hydrogen-bond acceptors (Lipinski definition) is 1. The molecular formula is C18H25N. The zero-order chi connectivity index (χ0) is 12.9. The minimum atomic E-state index is 0.198. The molecule has 0 amide bonds. The minimum Gasteiger partial charge on any atom is -0.329 e. The Kier molecular flexibility index (Phi) is 2.73. The SMILES string of the molecule is NC[C@@]12C=CC=C1C1=CCC3CCCC[C@@H]3[C@H]1CC2. The van der Waals surface area contributed by atoms with Gasteiger partial charge in [-0.25, -0.2) is 0 Å². The van der Waals surface area contributed by atoms with Crippen LogP contribution in [0.15, 0.2) is 35.5 Å². The number of allylic oxidation sites excluding steroid dienone is 4. The van der Waals surface area contributed by atoms with Crippen molar-refractivity contribution in [1.82, 2.24) is 0 Å². The van der Waals surface area contributed by atoms with Gasteiger partial charge in [-0.3, -0.25) is 0 Å². The molecule has 0 saturated heterocycles. The second-order valence-corrected chi connectivity index (χ2v) is 7.05. The van der Waals surface area contributed by atoms with Gasteiger partial charge in [0.05, 0.1) is 0 Å². The Hall–Kier alpha value is -0.820. The fraction of sp³-hybridized carbons (Fsp3) is 0.667. The van der Waals surface area contributed by atoms with Gasteiger partial charge >= 0.3 is 0 Å². The predicted molar refractivity (Wildman–Crippen MR) is 79.6 cm³/mol. The van der Waals surface area contributed by atoms with Crippen LogP contribution in [0.25, 0.3) is 0 Å². The Bertz CT molecular complexity index is 470. The highest BCUT2D eigenvalue weighted by molar-refractivity contribution is 5.51. The summed E-state index contributed by atoms with van der Waals surface area (Å²) in [7, 11) is 0. The molecule has 4 rings (SSSR count). The first-order chi connectivity index (χ1) is 9.34. The Morgan fingerprint density at radius 2 is 2.11 bits per heavy atom. The van der Waals surface area contributed by atoms with E-state index in [-0.39, 0.29) is 5.41 Å². The third-order valence-electron chi connectivity index (χ3n) is 6.32. The van der Waals surface area contributed by atoms with Crippen molar-refractivity contribution in [3.05, 3.63) is 35.5 Å². The van der Waals surface area contributed by atoms with E-state index in [2.05, 4.69) is 24.3 Å². The van der Waals surface area contributed by atoms with Gasteiger partial charge in [0.25, 0.3) is 0 Å². The van der Waals surface area contributed by atoms with Crippen molar-refractivity contribution in [3.63, 3.8) is 0 Å². The van der Waals surface area contributed by atoms with E-state index < -0.39 is 0 Å². The molecule has 0 spiro atoms. The van der Waals surface area contributed by atoms with Gasteiger partial charge in [-0.2, -0.15) is 0 Å². The van der Waals surface area contributed by atoms with Crippen LogP contribution < -0.4 is 5.73 Å². The average Bonchev–Trinajstić information content (AvgIpc) is 2.91. The summed E-state index contributed by atoms with van der Waals surface area (Å²) in [5.74, 6) is 2.82. The van der Waals surface area contributed by atoms with E-state index in [9.17, 15) is 0 Å². The first-order valence-corrected chi connectivity index (χ1v) is 8.14.